The molecular formula is C13H12N2O. The Balaban J connectivity index is 2.04. The highest BCUT2D eigenvalue weighted by Gasteiger charge is 2.25. The Morgan fingerprint density at radius 1 is 1.25 bits per heavy atom. The minimum absolute atomic E-state index is 0.202. The second kappa shape index (κ2) is 3.67. The molecule has 1 aliphatic rings. The van der Waals surface area contributed by atoms with Crippen LogP contribution in [0.25, 0.3) is 11.0 Å². The zero-order chi connectivity index (χ0) is 11.0. The second-order valence-corrected chi connectivity index (χ2v) is 4.30. The van der Waals surface area contributed by atoms with Gasteiger partial charge in [-0.3, -0.25) is 14.8 Å². The quantitative estimate of drug-likeness (QED) is 0.734. The summed E-state index contributed by atoms with van der Waals surface area (Å²) in [7, 11) is 0. The normalized spacial score (nSPS) is 15.2. The summed E-state index contributed by atoms with van der Waals surface area (Å²) in [5.41, 5.74) is 2.25. The van der Waals surface area contributed by atoms with Crippen molar-refractivity contribution in [2.75, 3.05) is 0 Å². The summed E-state index contributed by atoms with van der Waals surface area (Å²) in [4.78, 5) is 20.5. The van der Waals surface area contributed by atoms with Crippen LogP contribution >= 0.6 is 0 Å². The van der Waals surface area contributed by atoms with E-state index in [1.165, 1.54) is 12.8 Å². The first-order valence-electron chi connectivity index (χ1n) is 5.57. The van der Waals surface area contributed by atoms with Crippen LogP contribution < -0.4 is 0 Å². The smallest absolute Gasteiger partial charge is 0.165 e. The zero-order valence-corrected chi connectivity index (χ0v) is 8.89. The van der Waals surface area contributed by atoms with Crippen molar-refractivity contribution in [2.24, 2.45) is 5.92 Å². The van der Waals surface area contributed by atoms with E-state index in [0.29, 0.717) is 12.3 Å². The van der Waals surface area contributed by atoms with Crippen LogP contribution in [0.4, 0.5) is 0 Å². The molecule has 1 saturated carbocycles. The van der Waals surface area contributed by atoms with Gasteiger partial charge in [0, 0.05) is 24.4 Å². The minimum atomic E-state index is 0.202. The molecule has 1 aromatic heterocycles. The molecule has 0 radical (unpaired) electrons. The third kappa shape index (κ3) is 1.69. The Kier molecular flexibility index (Phi) is 2.17. The van der Waals surface area contributed by atoms with Gasteiger partial charge in [-0.25, -0.2) is 0 Å². The van der Waals surface area contributed by atoms with Gasteiger partial charge >= 0.3 is 0 Å². The third-order valence-electron chi connectivity index (χ3n) is 2.97. The van der Waals surface area contributed by atoms with Gasteiger partial charge in [0.1, 0.15) is 0 Å². The fraction of sp³-hybridized carbons (Fsp3) is 0.308. The summed E-state index contributed by atoms with van der Waals surface area (Å²) in [6.45, 7) is 0. The van der Waals surface area contributed by atoms with Gasteiger partial charge in [-0.05, 0) is 30.9 Å². The number of carbonyl (C=O) groups is 1. The number of hydrogen-bond acceptors (Lipinski definition) is 3. The molecule has 0 saturated heterocycles. The predicted molar refractivity (Wildman–Crippen MR) is 61.2 cm³/mol. The van der Waals surface area contributed by atoms with Crippen LogP contribution in [0.5, 0.6) is 0 Å². The second-order valence-electron chi connectivity index (χ2n) is 4.30. The first kappa shape index (κ1) is 9.46. The number of fused-ring (bicyclic) bond motifs is 1. The van der Waals surface area contributed by atoms with Crippen LogP contribution in [0.2, 0.25) is 0 Å². The Bertz CT molecular complexity index is 541. The average molecular weight is 212 g/mol. The lowest BCUT2D eigenvalue weighted by atomic mass is 10.0. The first-order valence-corrected chi connectivity index (χ1v) is 5.57. The number of aromatic nitrogens is 2. The van der Waals surface area contributed by atoms with Crippen LogP contribution in [-0.2, 0) is 0 Å². The molecule has 3 rings (SSSR count). The lowest BCUT2D eigenvalue weighted by molar-refractivity contribution is 0.0977. The highest BCUT2D eigenvalue weighted by molar-refractivity contribution is 6.05. The summed E-state index contributed by atoms with van der Waals surface area (Å²) in [6.07, 6.45) is 6.34. The number of para-hydroxylation sites is 1. The Labute approximate surface area is 93.5 Å². The van der Waals surface area contributed by atoms with Crippen LogP contribution in [0.1, 0.15) is 29.6 Å². The Morgan fingerprint density at radius 3 is 2.88 bits per heavy atom. The van der Waals surface area contributed by atoms with Gasteiger partial charge in [0.05, 0.1) is 11.0 Å². The molecule has 1 fully saturated rings. The molecule has 1 heterocycles. The molecule has 2 aromatic rings. The molecule has 0 atom stereocenters. The van der Waals surface area contributed by atoms with E-state index in [2.05, 4.69) is 9.97 Å². The van der Waals surface area contributed by atoms with E-state index in [9.17, 15) is 4.79 Å². The van der Waals surface area contributed by atoms with Crippen molar-refractivity contribution in [2.45, 2.75) is 19.3 Å². The van der Waals surface area contributed by atoms with Gasteiger partial charge in [0.2, 0.25) is 0 Å². The van der Waals surface area contributed by atoms with Gasteiger partial charge in [-0.2, -0.15) is 0 Å². The lowest BCUT2D eigenvalue weighted by Gasteiger charge is -2.03. The Hall–Kier alpha value is -1.77. The van der Waals surface area contributed by atoms with Crippen LogP contribution in [0.15, 0.2) is 30.6 Å². The van der Waals surface area contributed by atoms with E-state index < -0.39 is 0 Å². The molecule has 80 valence electrons. The first-order chi connectivity index (χ1) is 7.84. The summed E-state index contributed by atoms with van der Waals surface area (Å²) in [5.74, 6) is 0.813. The Morgan fingerprint density at radius 2 is 2.06 bits per heavy atom. The molecule has 1 aromatic carbocycles. The number of nitrogens with zero attached hydrogens (tertiary/aromatic N) is 2. The predicted octanol–water partition coefficient (Wildman–Crippen LogP) is 2.61. The lowest BCUT2D eigenvalue weighted by Crippen LogP contribution is -2.02. The van der Waals surface area contributed by atoms with Crippen molar-refractivity contribution >= 4 is 16.8 Å². The van der Waals surface area contributed by atoms with Crippen LogP contribution in [0, 0.1) is 5.92 Å². The van der Waals surface area contributed by atoms with Crippen LogP contribution in [0.3, 0.4) is 0 Å². The molecule has 3 heteroatoms. The molecule has 0 unspecified atom stereocenters. The van der Waals surface area contributed by atoms with E-state index in [-0.39, 0.29) is 5.78 Å². The van der Waals surface area contributed by atoms with Crippen molar-refractivity contribution in [1.82, 2.24) is 9.97 Å². The van der Waals surface area contributed by atoms with Crippen molar-refractivity contribution < 1.29 is 4.79 Å². The molecule has 0 amide bonds. The number of hydrogen-bond donors (Lipinski definition) is 0. The highest BCUT2D eigenvalue weighted by Crippen LogP contribution is 2.34. The third-order valence-corrected chi connectivity index (χ3v) is 2.97. The molecule has 0 N–H and O–H groups in total. The maximum Gasteiger partial charge on any atom is 0.165 e. The fourth-order valence-electron chi connectivity index (χ4n) is 1.91. The summed E-state index contributed by atoms with van der Waals surface area (Å²) in [5, 5.41) is 0. The molecule has 1 aliphatic carbocycles. The van der Waals surface area contributed by atoms with E-state index in [1.54, 1.807) is 12.4 Å². The summed E-state index contributed by atoms with van der Waals surface area (Å²) in [6, 6.07) is 5.61. The van der Waals surface area contributed by atoms with Gasteiger partial charge < -0.3 is 0 Å². The monoisotopic (exact) mass is 212 g/mol. The zero-order valence-electron chi connectivity index (χ0n) is 8.89. The maximum absolute atomic E-state index is 12.0. The molecule has 16 heavy (non-hydrogen) atoms. The number of benzene rings is 1. The fourth-order valence-corrected chi connectivity index (χ4v) is 1.91. The SMILES string of the molecule is O=C(CC1CC1)c1cccc2nccnc12. The molecule has 0 aliphatic heterocycles. The van der Waals surface area contributed by atoms with Crippen LogP contribution in [-0.4, -0.2) is 15.8 Å². The van der Waals surface area contributed by atoms with Gasteiger partial charge in [0.25, 0.3) is 0 Å². The van der Waals surface area contributed by atoms with E-state index >= 15 is 0 Å². The van der Waals surface area contributed by atoms with E-state index in [1.807, 2.05) is 18.2 Å². The standard InChI is InChI=1S/C13H12N2O/c16-12(8-9-4-5-9)10-2-1-3-11-13(10)15-7-6-14-11/h1-3,6-7,9H,4-5,8H2. The van der Waals surface area contributed by atoms with Gasteiger partial charge in [-0.1, -0.05) is 6.07 Å². The largest absolute Gasteiger partial charge is 0.294 e. The van der Waals surface area contributed by atoms with Gasteiger partial charge in [-0.15, -0.1) is 0 Å². The van der Waals surface area contributed by atoms with Crippen molar-refractivity contribution in [3.05, 3.63) is 36.2 Å². The highest BCUT2D eigenvalue weighted by atomic mass is 16.1. The van der Waals surface area contributed by atoms with E-state index in [0.717, 1.165) is 16.6 Å². The molecular weight excluding hydrogens is 200 g/mol. The number of ketones is 1. The number of Topliss-reactive ketones (excluding diaryl/α,β-unsaturated/α-hetero) is 1. The molecule has 0 bridgehead atoms. The molecule has 3 nitrogen and oxygen atoms in total. The summed E-state index contributed by atoms with van der Waals surface area (Å²) >= 11 is 0. The molecule has 0 spiro atoms. The summed E-state index contributed by atoms with van der Waals surface area (Å²) < 4.78 is 0. The van der Waals surface area contributed by atoms with E-state index in [4.69, 9.17) is 0 Å². The minimum Gasteiger partial charge on any atom is -0.294 e. The van der Waals surface area contributed by atoms with Crippen molar-refractivity contribution in [1.29, 1.82) is 0 Å². The van der Waals surface area contributed by atoms with Crippen molar-refractivity contribution in [3.8, 4) is 0 Å². The van der Waals surface area contributed by atoms with Crippen molar-refractivity contribution in [3.63, 3.8) is 0 Å². The maximum atomic E-state index is 12.0. The number of rotatable bonds is 3. The number of carbonyl (C=O) groups excluding carboxylic acids is 1. The average Bonchev–Trinajstić information content (AvgIpc) is 3.12. The topological polar surface area (TPSA) is 42.9 Å². The van der Waals surface area contributed by atoms with Gasteiger partial charge in [0.15, 0.2) is 5.78 Å².